The van der Waals surface area contributed by atoms with Crippen LogP contribution in [0.15, 0.2) is 40.4 Å². The number of nitrogens with two attached hydrogens (primary N) is 1. The number of aliphatic imine (C=N–C) groups is 2. The number of hydrogen-bond donors (Lipinski definition) is 3. The van der Waals surface area contributed by atoms with E-state index in [1.807, 2.05) is 12.1 Å². The summed E-state index contributed by atoms with van der Waals surface area (Å²) < 4.78 is 17.2. The van der Waals surface area contributed by atoms with Crippen molar-refractivity contribution in [2.75, 3.05) is 65.4 Å². The van der Waals surface area contributed by atoms with E-state index in [4.69, 9.17) is 19.9 Å². The molecule has 4 N–H and O–H groups in total. The third kappa shape index (κ3) is 6.46. The van der Waals surface area contributed by atoms with Gasteiger partial charge in [0.1, 0.15) is 17.3 Å². The van der Waals surface area contributed by atoms with Gasteiger partial charge in [0.05, 0.1) is 45.4 Å². The fraction of sp³-hybridized carbons (Fsp3) is 0.417. The number of nitrogen functional groups attached to an aromatic ring is 1. The number of hydrogen-bond acceptors (Lipinski definition) is 10. The fourth-order valence-electron chi connectivity index (χ4n) is 3.83. The van der Waals surface area contributed by atoms with Crippen molar-refractivity contribution in [2.24, 2.45) is 9.98 Å². The number of amidine groups is 1. The summed E-state index contributed by atoms with van der Waals surface area (Å²) in [5.74, 6) is 1.77. The van der Waals surface area contributed by atoms with Crippen LogP contribution in [0.5, 0.6) is 11.5 Å². The van der Waals surface area contributed by atoms with Crippen LogP contribution >= 0.6 is 0 Å². The molecule has 0 unspecified atom stereocenters. The second-order valence-electron chi connectivity index (χ2n) is 8.01. The van der Waals surface area contributed by atoms with Crippen LogP contribution in [0.4, 0.5) is 11.5 Å². The molecule has 0 atom stereocenters. The summed E-state index contributed by atoms with van der Waals surface area (Å²) in [6, 6.07) is 6.93. The molecule has 1 saturated heterocycles. The highest BCUT2D eigenvalue weighted by Crippen LogP contribution is 2.40. The first-order valence-electron chi connectivity index (χ1n) is 11.6. The molecule has 1 fully saturated rings. The van der Waals surface area contributed by atoms with E-state index in [9.17, 15) is 4.79 Å². The summed E-state index contributed by atoms with van der Waals surface area (Å²) in [6.07, 6.45) is 3.62. The number of methoxy groups -OCH3 is 1. The Morgan fingerprint density at radius 1 is 1.31 bits per heavy atom. The van der Waals surface area contributed by atoms with E-state index in [1.165, 1.54) is 12.5 Å². The fourth-order valence-corrected chi connectivity index (χ4v) is 3.83. The zero-order valence-electron chi connectivity index (χ0n) is 19.8. The molecular weight excluding hydrogens is 450 g/mol. The highest BCUT2D eigenvalue weighted by Gasteiger charge is 2.20. The predicted octanol–water partition coefficient (Wildman–Crippen LogP) is 1.21. The molecule has 1 aromatic heterocycles. The van der Waals surface area contributed by atoms with Gasteiger partial charge in [-0.05, 0) is 30.7 Å². The molecular formula is C24H31N7O4. The van der Waals surface area contributed by atoms with Gasteiger partial charge in [-0.1, -0.05) is 0 Å². The number of carbonyl (C=O) groups excluding carboxylic acids is 1. The maximum atomic E-state index is 12.4. The summed E-state index contributed by atoms with van der Waals surface area (Å²) in [7, 11) is 1.57. The Kier molecular flexibility index (Phi) is 8.47. The van der Waals surface area contributed by atoms with Gasteiger partial charge in [-0.15, -0.1) is 0 Å². The Bertz CT molecular complexity index is 1070. The molecule has 11 nitrogen and oxygen atoms in total. The summed E-state index contributed by atoms with van der Waals surface area (Å²) in [5.41, 5.74) is 7.24. The largest absolute Gasteiger partial charge is 0.491 e. The lowest BCUT2D eigenvalue weighted by Crippen LogP contribution is -2.37. The number of rotatable bonds is 10. The minimum atomic E-state index is -0.353. The lowest BCUT2D eigenvalue weighted by molar-refractivity contribution is 0.0357. The average molecular weight is 482 g/mol. The average Bonchev–Trinajstić information content (AvgIpc) is 3.42. The Hall–Kier alpha value is -3.70. The van der Waals surface area contributed by atoms with E-state index in [0.29, 0.717) is 41.7 Å². The normalized spacial score (nSPS) is 16.1. The third-order valence-electron chi connectivity index (χ3n) is 5.65. The smallest absolute Gasteiger partial charge is 0.257 e. The van der Waals surface area contributed by atoms with Crippen molar-refractivity contribution in [1.29, 1.82) is 0 Å². The molecule has 1 amide bonds. The molecule has 0 aliphatic carbocycles. The Morgan fingerprint density at radius 2 is 2.17 bits per heavy atom. The van der Waals surface area contributed by atoms with Gasteiger partial charge in [0.15, 0.2) is 11.5 Å². The van der Waals surface area contributed by atoms with Crippen molar-refractivity contribution >= 4 is 29.6 Å². The molecule has 2 aliphatic rings. The second-order valence-corrected chi connectivity index (χ2v) is 8.01. The minimum Gasteiger partial charge on any atom is -0.491 e. The number of anilines is 1. The molecule has 2 aromatic rings. The quantitative estimate of drug-likeness (QED) is 0.262. The number of nitrogens with one attached hydrogen (secondary N) is 2. The van der Waals surface area contributed by atoms with E-state index in [-0.39, 0.29) is 5.91 Å². The van der Waals surface area contributed by atoms with Crippen LogP contribution < -0.4 is 25.8 Å². The summed E-state index contributed by atoms with van der Waals surface area (Å²) >= 11 is 0. The van der Waals surface area contributed by atoms with Crippen LogP contribution in [0.1, 0.15) is 22.3 Å². The standard InChI is InChI=1S/C24H31N7O4/c1-33-22-19(35-12-2-9-31-10-13-34-14-11-31)5-4-18(23-26-7-8-27-23)21(22)29-16-30-24(32)17-3-6-20(25)28-15-17/h3-6,15-16H,2,7-14H2,1H3,(H2,25,28)(H,26,27)(H,29,30,32). The first-order chi connectivity index (χ1) is 17.2. The zero-order chi connectivity index (χ0) is 24.5. The highest BCUT2D eigenvalue weighted by molar-refractivity contribution is 6.06. The number of aromatic nitrogens is 1. The monoisotopic (exact) mass is 481 g/mol. The van der Waals surface area contributed by atoms with Gasteiger partial charge >= 0.3 is 0 Å². The molecule has 4 rings (SSSR count). The predicted molar refractivity (Wildman–Crippen MR) is 134 cm³/mol. The molecule has 1 aromatic carbocycles. The van der Waals surface area contributed by atoms with Gasteiger partial charge in [-0.25, -0.2) is 9.98 Å². The summed E-state index contributed by atoms with van der Waals surface area (Å²) in [4.78, 5) is 27.8. The molecule has 0 radical (unpaired) electrons. The summed E-state index contributed by atoms with van der Waals surface area (Å²) in [5, 5.41) is 5.92. The first-order valence-corrected chi connectivity index (χ1v) is 11.6. The molecule has 186 valence electrons. The minimum absolute atomic E-state index is 0.344. The van der Waals surface area contributed by atoms with Gasteiger partial charge in [-0.3, -0.25) is 14.7 Å². The summed E-state index contributed by atoms with van der Waals surface area (Å²) in [6.45, 7) is 6.37. The number of carbonyl (C=O) groups is 1. The zero-order valence-corrected chi connectivity index (χ0v) is 19.8. The number of nitrogens with zero attached hydrogens (tertiary/aromatic N) is 4. The Balaban J connectivity index is 1.48. The third-order valence-corrected chi connectivity index (χ3v) is 5.65. The maximum Gasteiger partial charge on any atom is 0.257 e. The molecule has 0 bridgehead atoms. The van der Waals surface area contributed by atoms with E-state index in [1.54, 1.807) is 19.2 Å². The van der Waals surface area contributed by atoms with Crippen LogP contribution in [-0.2, 0) is 4.74 Å². The lowest BCUT2D eigenvalue weighted by Gasteiger charge is -2.26. The van der Waals surface area contributed by atoms with Gasteiger partial charge in [0.25, 0.3) is 5.91 Å². The number of ether oxygens (including phenoxy) is 3. The van der Waals surface area contributed by atoms with E-state index in [2.05, 4.69) is 30.5 Å². The van der Waals surface area contributed by atoms with E-state index < -0.39 is 0 Å². The van der Waals surface area contributed by atoms with Gasteiger partial charge in [0, 0.05) is 37.9 Å². The van der Waals surface area contributed by atoms with Crippen LogP contribution in [0.2, 0.25) is 0 Å². The molecule has 35 heavy (non-hydrogen) atoms. The number of morpholine rings is 1. The van der Waals surface area contributed by atoms with E-state index in [0.717, 1.165) is 57.2 Å². The SMILES string of the molecule is COc1c(OCCCN2CCOCC2)ccc(C2=NCCN2)c1N=CNC(=O)c1ccc(N)nc1. The van der Waals surface area contributed by atoms with Gasteiger partial charge in [-0.2, -0.15) is 0 Å². The Morgan fingerprint density at radius 3 is 2.89 bits per heavy atom. The van der Waals surface area contributed by atoms with Crippen LogP contribution in [0.3, 0.4) is 0 Å². The number of benzene rings is 1. The van der Waals surface area contributed by atoms with Crippen molar-refractivity contribution in [3.05, 3.63) is 41.6 Å². The molecule has 0 saturated carbocycles. The molecule has 0 spiro atoms. The second kappa shape index (κ2) is 12.1. The first kappa shape index (κ1) is 24.4. The van der Waals surface area contributed by atoms with Crippen molar-refractivity contribution < 1.29 is 19.0 Å². The van der Waals surface area contributed by atoms with Crippen molar-refractivity contribution in [2.45, 2.75) is 6.42 Å². The van der Waals surface area contributed by atoms with Crippen molar-refractivity contribution in [3.63, 3.8) is 0 Å². The highest BCUT2D eigenvalue weighted by atomic mass is 16.5. The number of amides is 1. The van der Waals surface area contributed by atoms with Crippen molar-refractivity contribution in [1.82, 2.24) is 20.5 Å². The maximum absolute atomic E-state index is 12.4. The van der Waals surface area contributed by atoms with Crippen LogP contribution in [0.25, 0.3) is 0 Å². The Labute approximate surface area is 204 Å². The van der Waals surface area contributed by atoms with Gasteiger partial charge < -0.3 is 30.6 Å². The van der Waals surface area contributed by atoms with Gasteiger partial charge in [0.2, 0.25) is 0 Å². The molecule has 2 aliphatic heterocycles. The van der Waals surface area contributed by atoms with Crippen LogP contribution in [0, 0.1) is 0 Å². The molecule has 11 heteroatoms. The topological polar surface area (TPSA) is 136 Å². The lowest BCUT2D eigenvalue weighted by atomic mass is 10.1. The number of pyridine rings is 1. The van der Waals surface area contributed by atoms with Crippen LogP contribution in [-0.4, -0.2) is 87.6 Å². The van der Waals surface area contributed by atoms with E-state index >= 15 is 0 Å². The van der Waals surface area contributed by atoms with Crippen molar-refractivity contribution in [3.8, 4) is 11.5 Å². The molecule has 3 heterocycles.